The van der Waals surface area contributed by atoms with E-state index in [0.29, 0.717) is 12.2 Å². The molecular weight excluding hydrogens is 184 g/mol. The van der Waals surface area contributed by atoms with Gasteiger partial charge in [0.05, 0.1) is 7.11 Å². The zero-order chi connectivity index (χ0) is 10.1. The lowest BCUT2D eigenvalue weighted by Gasteiger charge is -2.06. The van der Waals surface area contributed by atoms with Crippen molar-refractivity contribution >= 4 is 5.97 Å². The van der Waals surface area contributed by atoms with Gasteiger partial charge in [0.15, 0.2) is 6.10 Å². The topological polar surface area (TPSA) is 55.8 Å². The van der Waals surface area contributed by atoms with Crippen LogP contribution in [0.2, 0.25) is 0 Å². The smallest absolute Gasteiger partial charge is 0.347 e. The van der Waals surface area contributed by atoms with Crippen LogP contribution in [0.4, 0.5) is 0 Å². The Balaban J connectivity index is 2.22. The Bertz CT molecular complexity index is 372. The van der Waals surface area contributed by atoms with E-state index in [1.54, 1.807) is 12.1 Å². The Morgan fingerprint density at radius 2 is 2.43 bits per heavy atom. The molecule has 2 rings (SSSR count). The number of phenols is 1. The van der Waals surface area contributed by atoms with Gasteiger partial charge in [-0.25, -0.2) is 4.79 Å². The van der Waals surface area contributed by atoms with Crippen LogP contribution in [-0.4, -0.2) is 24.3 Å². The fourth-order valence-corrected chi connectivity index (χ4v) is 1.50. The summed E-state index contributed by atoms with van der Waals surface area (Å²) in [6.45, 7) is 0. The van der Waals surface area contributed by atoms with Crippen LogP contribution in [0.15, 0.2) is 18.2 Å². The monoisotopic (exact) mass is 194 g/mol. The van der Waals surface area contributed by atoms with E-state index in [1.807, 2.05) is 0 Å². The lowest BCUT2D eigenvalue weighted by molar-refractivity contribution is -0.147. The molecule has 1 aliphatic rings. The highest BCUT2D eigenvalue weighted by atomic mass is 16.6. The van der Waals surface area contributed by atoms with Crippen LogP contribution < -0.4 is 4.74 Å². The van der Waals surface area contributed by atoms with Crippen molar-refractivity contribution in [2.24, 2.45) is 0 Å². The number of methoxy groups -OCH3 is 1. The second kappa shape index (κ2) is 3.21. The first-order chi connectivity index (χ1) is 6.70. The van der Waals surface area contributed by atoms with E-state index in [0.717, 1.165) is 5.56 Å². The van der Waals surface area contributed by atoms with Crippen molar-refractivity contribution < 1.29 is 19.4 Å². The van der Waals surface area contributed by atoms with Gasteiger partial charge < -0.3 is 14.6 Å². The molecule has 0 amide bonds. The largest absolute Gasteiger partial charge is 0.508 e. The predicted molar refractivity (Wildman–Crippen MR) is 48.2 cm³/mol. The quantitative estimate of drug-likeness (QED) is 0.674. The molecule has 0 aliphatic carbocycles. The molecular formula is C10H10O4. The average molecular weight is 194 g/mol. The SMILES string of the molecule is COC(=O)C1Cc2cc(O)ccc2O1. The standard InChI is InChI=1S/C10H10O4/c1-13-10(12)9-5-6-4-7(11)2-3-8(6)14-9/h2-4,9,11H,5H2,1H3. The molecule has 1 atom stereocenters. The van der Waals surface area contributed by atoms with E-state index < -0.39 is 6.10 Å². The van der Waals surface area contributed by atoms with Gasteiger partial charge in [-0.05, 0) is 18.2 Å². The third-order valence-electron chi connectivity index (χ3n) is 2.18. The lowest BCUT2D eigenvalue weighted by atomic mass is 10.1. The number of esters is 1. The number of carbonyl (C=O) groups excluding carboxylic acids is 1. The zero-order valence-corrected chi connectivity index (χ0v) is 7.69. The number of rotatable bonds is 1. The molecule has 0 spiro atoms. The Morgan fingerprint density at radius 3 is 3.14 bits per heavy atom. The molecule has 4 heteroatoms. The van der Waals surface area contributed by atoms with Gasteiger partial charge in [-0.3, -0.25) is 0 Å². The van der Waals surface area contributed by atoms with Crippen LogP contribution in [0.1, 0.15) is 5.56 Å². The van der Waals surface area contributed by atoms with E-state index in [2.05, 4.69) is 4.74 Å². The van der Waals surface area contributed by atoms with E-state index in [-0.39, 0.29) is 11.7 Å². The van der Waals surface area contributed by atoms with Crippen LogP contribution in [0, 0.1) is 0 Å². The first-order valence-corrected chi connectivity index (χ1v) is 4.27. The molecule has 1 aliphatic heterocycles. The predicted octanol–water partition coefficient (Wildman–Crippen LogP) is 0.869. The molecule has 1 aromatic carbocycles. The summed E-state index contributed by atoms with van der Waals surface area (Å²) >= 11 is 0. The minimum atomic E-state index is -0.572. The molecule has 14 heavy (non-hydrogen) atoms. The summed E-state index contributed by atoms with van der Waals surface area (Å²) in [5.74, 6) is 0.428. The van der Waals surface area contributed by atoms with Crippen LogP contribution >= 0.6 is 0 Å². The molecule has 1 aromatic rings. The highest BCUT2D eigenvalue weighted by Crippen LogP contribution is 2.31. The number of benzene rings is 1. The van der Waals surface area contributed by atoms with Gasteiger partial charge in [-0.1, -0.05) is 0 Å². The van der Waals surface area contributed by atoms with Crippen LogP contribution in [-0.2, 0) is 16.0 Å². The lowest BCUT2D eigenvalue weighted by Crippen LogP contribution is -2.26. The van der Waals surface area contributed by atoms with Gasteiger partial charge in [0.25, 0.3) is 0 Å². The third kappa shape index (κ3) is 1.39. The molecule has 0 radical (unpaired) electrons. The molecule has 1 heterocycles. The van der Waals surface area contributed by atoms with E-state index in [4.69, 9.17) is 4.74 Å². The number of carbonyl (C=O) groups is 1. The molecule has 0 saturated heterocycles. The summed E-state index contributed by atoms with van der Waals surface area (Å²) in [6, 6.07) is 4.77. The number of aromatic hydroxyl groups is 1. The van der Waals surface area contributed by atoms with Gasteiger partial charge in [-0.15, -0.1) is 0 Å². The molecule has 4 nitrogen and oxygen atoms in total. The average Bonchev–Trinajstić information content (AvgIpc) is 2.59. The maximum Gasteiger partial charge on any atom is 0.347 e. The minimum absolute atomic E-state index is 0.179. The highest BCUT2D eigenvalue weighted by molar-refractivity contribution is 5.76. The van der Waals surface area contributed by atoms with E-state index in [1.165, 1.54) is 13.2 Å². The Kier molecular flexibility index (Phi) is 2.04. The molecule has 1 unspecified atom stereocenters. The molecule has 0 fully saturated rings. The second-order valence-corrected chi connectivity index (χ2v) is 3.13. The van der Waals surface area contributed by atoms with Gasteiger partial charge in [0, 0.05) is 12.0 Å². The zero-order valence-electron chi connectivity index (χ0n) is 7.69. The van der Waals surface area contributed by atoms with E-state index in [9.17, 15) is 9.90 Å². The van der Waals surface area contributed by atoms with Crippen LogP contribution in [0.5, 0.6) is 11.5 Å². The molecule has 74 valence electrons. The third-order valence-corrected chi connectivity index (χ3v) is 2.18. The Morgan fingerprint density at radius 1 is 1.64 bits per heavy atom. The van der Waals surface area contributed by atoms with Gasteiger partial charge >= 0.3 is 5.97 Å². The summed E-state index contributed by atoms with van der Waals surface area (Å²) in [5, 5.41) is 9.21. The van der Waals surface area contributed by atoms with E-state index >= 15 is 0 Å². The summed E-state index contributed by atoms with van der Waals surface area (Å²) in [5.41, 5.74) is 0.834. The molecule has 0 aromatic heterocycles. The Labute approximate surface area is 81.1 Å². The number of ether oxygens (including phenoxy) is 2. The van der Waals surface area contributed by atoms with Crippen LogP contribution in [0.25, 0.3) is 0 Å². The normalized spacial score (nSPS) is 18.5. The summed E-state index contributed by atoms with van der Waals surface area (Å²) < 4.78 is 9.90. The number of fused-ring (bicyclic) bond motifs is 1. The Hall–Kier alpha value is -1.71. The molecule has 1 N–H and O–H groups in total. The van der Waals surface area contributed by atoms with Crippen molar-refractivity contribution in [3.63, 3.8) is 0 Å². The fourth-order valence-electron chi connectivity index (χ4n) is 1.50. The van der Waals surface area contributed by atoms with Crippen molar-refractivity contribution in [1.29, 1.82) is 0 Å². The number of hydrogen-bond acceptors (Lipinski definition) is 4. The first kappa shape index (κ1) is 8.87. The van der Waals surface area contributed by atoms with Crippen LogP contribution in [0.3, 0.4) is 0 Å². The molecule has 0 saturated carbocycles. The summed E-state index contributed by atoms with van der Waals surface area (Å²) in [6.07, 6.45) is -0.118. The van der Waals surface area contributed by atoms with Crippen molar-refractivity contribution in [1.82, 2.24) is 0 Å². The van der Waals surface area contributed by atoms with Crippen molar-refractivity contribution in [3.05, 3.63) is 23.8 Å². The summed E-state index contributed by atoms with van der Waals surface area (Å²) in [4.78, 5) is 11.2. The van der Waals surface area contributed by atoms with Gasteiger partial charge in [0.1, 0.15) is 11.5 Å². The van der Waals surface area contributed by atoms with Crippen molar-refractivity contribution in [2.45, 2.75) is 12.5 Å². The summed E-state index contributed by atoms with van der Waals surface area (Å²) in [7, 11) is 1.33. The second-order valence-electron chi connectivity index (χ2n) is 3.13. The molecule has 0 bridgehead atoms. The minimum Gasteiger partial charge on any atom is -0.508 e. The maximum atomic E-state index is 11.2. The number of phenolic OH excluding ortho intramolecular Hbond substituents is 1. The van der Waals surface area contributed by atoms with Gasteiger partial charge in [0.2, 0.25) is 0 Å². The van der Waals surface area contributed by atoms with Gasteiger partial charge in [-0.2, -0.15) is 0 Å². The van der Waals surface area contributed by atoms with Crippen molar-refractivity contribution in [2.75, 3.05) is 7.11 Å². The fraction of sp³-hybridized carbons (Fsp3) is 0.300. The van der Waals surface area contributed by atoms with Crippen molar-refractivity contribution in [3.8, 4) is 11.5 Å². The number of hydrogen-bond donors (Lipinski definition) is 1. The highest BCUT2D eigenvalue weighted by Gasteiger charge is 2.29. The maximum absolute atomic E-state index is 11.2. The first-order valence-electron chi connectivity index (χ1n) is 4.27.